The molecule has 1 amide bonds. The van der Waals surface area contributed by atoms with Crippen LogP contribution >= 0.6 is 0 Å². The number of carbonyl (C=O) groups excluding carboxylic acids is 3. The lowest BCUT2D eigenvalue weighted by Gasteiger charge is -2.36. The minimum Gasteiger partial charge on any atom is -0.452 e. The lowest BCUT2D eigenvalue weighted by Crippen LogP contribution is -2.42. The largest absolute Gasteiger partial charge is 0.452 e. The zero-order valence-electron chi connectivity index (χ0n) is 15.4. The van der Waals surface area contributed by atoms with Crippen molar-refractivity contribution in [3.05, 3.63) is 35.9 Å². The monoisotopic (exact) mass is 357 g/mol. The number of esters is 1. The summed E-state index contributed by atoms with van der Waals surface area (Å²) < 4.78 is 5.43. The van der Waals surface area contributed by atoms with E-state index in [-0.39, 0.29) is 35.7 Å². The fourth-order valence-electron chi connectivity index (χ4n) is 4.15. The number of amides is 1. The highest BCUT2D eigenvalue weighted by Crippen LogP contribution is 2.40. The number of ether oxygens (including phenoxy) is 1. The summed E-state index contributed by atoms with van der Waals surface area (Å²) in [5, 5.41) is 2.88. The van der Waals surface area contributed by atoms with Crippen molar-refractivity contribution in [3.63, 3.8) is 0 Å². The van der Waals surface area contributed by atoms with E-state index < -0.39 is 6.10 Å². The molecule has 0 aromatic heterocycles. The number of benzene rings is 1. The van der Waals surface area contributed by atoms with Crippen LogP contribution in [0.15, 0.2) is 30.3 Å². The molecule has 140 valence electrons. The van der Waals surface area contributed by atoms with Gasteiger partial charge < -0.3 is 10.1 Å². The molecule has 0 radical (unpaired) electrons. The Hall–Kier alpha value is -2.17. The van der Waals surface area contributed by atoms with Gasteiger partial charge >= 0.3 is 5.97 Å². The zero-order valence-corrected chi connectivity index (χ0v) is 15.4. The molecule has 0 spiro atoms. The second-order valence-corrected chi connectivity index (χ2v) is 7.62. The Balaban J connectivity index is 1.52. The van der Waals surface area contributed by atoms with Gasteiger partial charge in [-0.15, -0.1) is 0 Å². The lowest BCUT2D eigenvalue weighted by molar-refractivity contribution is -0.162. The van der Waals surface area contributed by atoms with E-state index in [1.54, 1.807) is 6.92 Å². The fraction of sp³-hybridized carbons (Fsp3) is 0.571. The van der Waals surface area contributed by atoms with Crippen molar-refractivity contribution in [2.75, 3.05) is 0 Å². The van der Waals surface area contributed by atoms with Gasteiger partial charge in [0.2, 0.25) is 0 Å². The molecule has 4 unspecified atom stereocenters. The number of nitrogens with one attached hydrogen (secondary N) is 1. The number of Topliss-reactive ketones (excluding diaryl/α,β-unsaturated/α-hetero) is 1. The first-order chi connectivity index (χ1) is 12.5. The maximum Gasteiger partial charge on any atom is 0.309 e. The first-order valence-corrected chi connectivity index (χ1v) is 9.55. The third-order valence-electron chi connectivity index (χ3n) is 5.70. The predicted octanol–water partition coefficient (Wildman–Crippen LogP) is 3.19. The minimum atomic E-state index is -0.842. The van der Waals surface area contributed by atoms with E-state index in [1.807, 2.05) is 37.3 Å². The topological polar surface area (TPSA) is 72.5 Å². The Morgan fingerprint density at radius 3 is 2.31 bits per heavy atom. The van der Waals surface area contributed by atoms with Crippen molar-refractivity contribution in [2.24, 2.45) is 17.8 Å². The third kappa shape index (κ3) is 4.14. The van der Waals surface area contributed by atoms with Crippen LogP contribution in [0.3, 0.4) is 0 Å². The first kappa shape index (κ1) is 18.6. The van der Waals surface area contributed by atoms with Gasteiger partial charge in [0.1, 0.15) is 5.78 Å². The van der Waals surface area contributed by atoms with E-state index in [9.17, 15) is 14.4 Å². The van der Waals surface area contributed by atoms with Crippen molar-refractivity contribution in [2.45, 2.75) is 58.1 Å². The molecule has 2 aliphatic carbocycles. The first-order valence-electron chi connectivity index (χ1n) is 9.55. The third-order valence-corrected chi connectivity index (χ3v) is 5.70. The van der Waals surface area contributed by atoms with Gasteiger partial charge in [0, 0.05) is 11.8 Å². The SMILES string of the molecule is CC(OC(=O)C1CC2CCCC(C1)C2=O)C(=O)NC(C)c1ccccc1. The molecule has 5 heteroatoms. The number of hydrogen-bond acceptors (Lipinski definition) is 4. The highest BCUT2D eigenvalue weighted by atomic mass is 16.5. The molecule has 2 bridgehead atoms. The van der Waals surface area contributed by atoms with E-state index >= 15 is 0 Å². The molecule has 2 fully saturated rings. The number of rotatable bonds is 5. The summed E-state index contributed by atoms with van der Waals surface area (Å²) in [4.78, 5) is 37.0. The van der Waals surface area contributed by atoms with Crippen LogP contribution in [0.1, 0.15) is 57.6 Å². The molecule has 2 saturated carbocycles. The van der Waals surface area contributed by atoms with Gasteiger partial charge in [-0.05, 0) is 45.1 Å². The van der Waals surface area contributed by atoms with E-state index in [4.69, 9.17) is 4.74 Å². The maximum absolute atomic E-state index is 12.5. The van der Waals surface area contributed by atoms with Crippen LogP contribution in [0.25, 0.3) is 0 Å². The van der Waals surface area contributed by atoms with Crippen molar-refractivity contribution < 1.29 is 19.1 Å². The highest BCUT2D eigenvalue weighted by molar-refractivity contribution is 5.88. The minimum absolute atomic E-state index is 0.00212. The molecule has 0 saturated heterocycles. The standard InChI is InChI=1S/C21H27NO4/c1-13(15-7-4-3-5-8-15)22-20(24)14(2)26-21(25)18-11-16-9-6-10-17(12-18)19(16)23/h3-5,7-8,13-14,16-18H,6,9-12H2,1-2H3,(H,22,24). The molecule has 2 aliphatic rings. The van der Waals surface area contributed by atoms with E-state index in [2.05, 4.69) is 5.32 Å². The van der Waals surface area contributed by atoms with Crippen LogP contribution in [0.4, 0.5) is 0 Å². The molecule has 26 heavy (non-hydrogen) atoms. The van der Waals surface area contributed by atoms with Crippen molar-refractivity contribution in [1.82, 2.24) is 5.32 Å². The van der Waals surface area contributed by atoms with E-state index in [0.29, 0.717) is 18.6 Å². The normalized spacial score (nSPS) is 27.3. The Bertz CT molecular complexity index is 656. The zero-order chi connectivity index (χ0) is 18.7. The van der Waals surface area contributed by atoms with Crippen LogP contribution in [-0.2, 0) is 19.1 Å². The molecule has 1 aromatic carbocycles. The van der Waals surface area contributed by atoms with Crippen LogP contribution < -0.4 is 5.32 Å². The molecular weight excluding hydrogens is 330 g/mol. The summed E-state index contributed by atoms with van der Waals surface area (Å²) in [5.74, 6) is -0.580. The second kappa shape index (κ2) is 8.02. The summed E-state index contributed by atoms with van der Waals surface area (Å²) in [6.07, 6.45) is 3.13. The van der Waals surface area contributed by atoms with Gasteiger partial charge in [-0.3, -0.25) is 14.4 Å². The summed E-state index contributed by atoms with van der Waals surface area (Å²) >= 11 is 0. The number of hydrogen-bond donors (Lipinski definition) is 1. The molecule has 5 nitrogen and oxygen atoms in total. The van der Waals surface area contributed by atoms with E-state index in [1.165, 1.54) is 0 Å². The van der Waals surface area contributed by atoms with Gasteiger partial charge in [0.25, 0.3) is 5.91 Å². The number of carbonyl (C=O) groups is 3. The van der Waals surface area contributed by atoms with Crippen molar-refractivity contribution in [1.29, 1.82) is 0 Å². The molecule has 1 aromatic rings. The van der Waals surface area contributed by atoms with Gasteiger partial charge in [-0.25, -0.2) is 0 Å². The number of fused-ring (bicyclic) bond motifs is 2. The van der Waals surface area contributed by atoms with Crippen molar-refractivity contribution in [3.8, 4) is 0 Å². The van der Waals surface area contributed by atoms with Crippen LogP contribution in [-0.4, -0.2) is 23.8 Å². The second-order valence-electron chi connectivity index (χ2n) is 7.62. The average molecular weight is 357 g/mol. The van der Waals surface area contributed by atoms with Gasteiger partial charge in [-0.1, -0.05) is 36.8 Å². The molecule has 0 aliphatic heterocycles. The van der Waals surface area contributed by atoms with Crippen molar-refractivity contribution >= 4 is 17.7 Å². The quantitative estimate of drug-likeness (QED) is 0.822. The Kier molecular flexibility index (Phi) is 5.74. The molecule has 3 rings (SSSR count). The fourth-order valence-corrected chi connectivity index (χ4v) is 4.15. The molecule has 0 heterocycles. The predicted molar refractivity (Wildman–Crippen MR) is 97.1 cm³/mol. The summed E-state index contributed by atoms with van der Waals surface area (Å²) in [6, 6.07) is 9.49. The molecule has 1 N–H and O–H groups in total. The van der Waals surface area contributed by atoms with Gasteiger partial charge in [0.15, 0.2) is 6.10 Å². The maximum atomic E-state index is 12.5. The number of ketones is 1. The van der Waals surface area contributed by atoms with Gasteiger partial charge in [0.05, 0.1) is 12.0 Å². The molecule has 4 atom stereocenters. The summed E-state index contributed by atoms with van der Waals surface area (Å²) in [6.45, 7) is 3.50. The van der Waals surface area contributed by atoms with E-state index in [0.717, 1.165) is 24.8 Å². The lowest BCUT2D eigenvalue weighted by atomic mass is 9.67. The average Bonchev–Trinajstić information content (AvgIpc) is 2.62. The van der Waals surface area contributed by atoms with Crippen LogP contribution in [0.2, 0.25) is 0 Å². The van der Waals surface area contributed by atoms with Gasteiger partial charge in [-0.2, -0.15) is 0 Å². The Labute approximate surface area is 154 Å². The smallest absolute Gasteiger partial charge is 0.309 e. The Morgan fingerprint density at radius 1 is 1.08 bits per heavy atom. The van der Waals surface area contributed by atoms with Crippen LogP contribution in [0.5, 0.6) is 0 Å². The van der Waals surface area contributed by atoms with Crippen LogP contribution in [0, 0.1) is 17.8 Å². The highest BCUT2D eigenvalue weighted by Gasteiger charge is 2.42. The summed E-state index contributed by atoms with van der Waals surface area (Å²) in [7, 11) is 0. The molecular formula is C21H27NO4. The summed E-state index contributed by atoms with van der Waals surface area (Å²) in [5.41, 5.74) is 0.998. The Morgan fingerprint density at radius 2 is 1.69 bits per heavy atom.